The molecule has 144 valence electrons. The molecule has 1 fully saturated rings. The van der Waals surface area contributed by atoms with Gasteiger partial charge in [0.05, 0.1) is 22.8 Å². The summed E-state index contributed by atoms with van der Waals surface area (Å²) in [7, 11) is 0. The minimum absolute atomic E-state index is 0.0141. The van der Waals surface area contributed by atoms with Crippen LogP contribution >= 0.6 is 11.6 Å². The van der Waals surface area contributed by atoms with Crippen molar-refractivity contribution in [2.24, 2.45) is 5.92 Å². The van der Waals surface area contributed by atoms with E-state index in [2.05, 4.69) is 17.0 Å². The Hall–Kier alpha value is -2.44. The number of halogens is 1. The van der Waals surface area contributed by atoms with Crippen molar-refractivity contribution in [3.05, 3.63) is 59.0 Å². The van der Waals surface area contributed by atoms with Crippen LogP contribution in [0.4, 0.5) is 0 Å². The van der Waals surface area contributed by atoms with Gasteiger partial charge in [-0.05, 0) is 49.9 Å². The van der Waals surface area contributed by atoms with Gasteiger partial charge in [0.25, 0.3) is 5.91 Å². The van der Waals surface area contributed by atoms with E-state index < -0.39 is 11.6 Å². The second kappa shape index (κ2) is 6.29. The molecule has 0 saturated carbocycles. The molecule has 0 spiro atoms. The van der Waals surface area contributed by atoms with E-state index in [1.807, 2.05) is 27.9 Å². The summed E-state index contributed by atoms with van der Waals surface area (Å²) in [5.41, 5.74) is 1.88. The van der Waals surface area contributed by atoms with E-state index in [9.17, 15) is 9.90 Å². The summed E-state index contributed by atoms with van der Waals surface area (Å²) in [6.45, 7) is 3.38. The Morgan fingerprint density at radius 2 is 2.07 bits per heavy atom. The minimum atomic E-state index is -0.664. The van der Waals surface area contributed by atoms with Crippen molar-refractivity contribution >= 4 is 28.4 Å². The summed E-state index contributed by atoms with van der Waals surface area (Å²) in [6, 6.07) is 7.31. The molecule has 0 aliphatic carbocycles. The van der Waals surface area contributed by atoms with Crippen LogP contribution in [0.15, 0.2) is 42.9 Å². The Kier molecular flexibility index (Phi) is 3.96. The van der Waals surface area contributed by atoms with Gasteiger partial charge in [0.2, 0.25) is 0 Å². The van der Waals surface area contributed by atoms with Crippen molar-refractivity contribution in [3.8, 4) is 0 Å². The maximum absolute atomic E-state index is 12.7. The number of hydrogen-bond donors (Lipinski definition) is 1. The predicted molar refractivity (Wildman–Crippen MR) is 106 cm³/mol. The van der Waals surface area contributed by atoms with E-state index >= 15 is 0 Å². The zero-order valence-corrected chi connectivity index (χ0v) is 16.3. The van der Waals surface area contributed by atoms with E-state index in [1.165, 1.54) is 0 Å². The van der Waals surface area contributed by atoms with Crippen LogP contribution in [0.25, 0.3) is 10.9 Å². The summed E-state index contributed by atoms with van der Waals surface area (Å²) in [5, 5.41) is 17.4. The highest BCUT2D eigenvalue weighted by molar-refractivity contribution is 6.31. The minimum Gasteiger partial charge on any atom is -0.386 e. The molecule has 0 bridgehead atoms. The quantitative estimate of drug-likeness (QED) is 0.720. The lowest BCUT2D eigenvalue weighted by molar-refractivity contribution is -0.0138. The molecule has 4 heterocycles. The first kappa shape index (κ1) is 17.6. The fourth-order valence-corrected chi connectivity index (χ4v) is 5.14. The Bertz CT molecular complexity index is 1060. The molecule has 1 N–H and O–H groups in total. The van der Waals surface area contributed by atoms with Crippen molar-refractivity contribution < 1.29 is 9.90 Å². The highest BCUT2D eigenvalue weighted by Crippen LogP contribution is 2.51. The molecule has 0 radical (unpaired) electrons. The number of carbonyl (C=O) groups excluding carboxylic acids is 1. The molecular formula is C21H21ClN4O2. The topological polar surface area (TPSA) is 71.2 Å². The van der Waals surface area contributed by atoms with Gasteiger partial charge < -0.3 is 10.0 Å². The number of hydrogen-bond acceptors (Lipinski definition) is 4. The van der Waals surface area contributed by atoms with E-state index in [4.69, 9.17) is 11.6 Å². The molecule has 2 aliphatic rings. The third-order valence-electron chi connectivity index (χ3n) is 6.48. The molecule has 3 aromatic rings. The second-order valence-corrected chi connectivity index (χ2v) is 8.36. The molecule has 28 heavy (non-hydrogen) atoms. The number of aliphatic hydroxyl groups is 1. The first-order valence-corrected chi connectivity index (χ1v) is 9.93. The zero-order valence-electron chi connectivity index (χ0n) is 15.5. The highest BCUT2D eigenvalue weighted by Gasteiger charge is 2.50. The summed E-state index contributed by atoms with van der Waals surface area (Å²) in [6.07, 6.45) is 6.04. The first-order chi connectivity index (χ1) is 13.5. The summed E-state index contributed by atoms with van der Waals surface area (Å²) in [5.74, 6) is 0.218. The number of pyridine rings is 1. The van der Waals surface area contributed by atoms with Crippen LogP contribution in [0.1, 0.15) is 41.8 Å². The molecule has 1 aromatic carbocycles. The summed E-state index contributed by atoms with van der Waals surface area (Å²) >= 11 is 6.24. The average molecular weight is 397 g/mol. The Labute approximate surface area is 167 Å². The number of nitrogens with zero attached hydrogens (tertiary/aromatic N) is 4. The van der Waals surface area contributed by atoms with Crippen LogP contribution in [0.2, 0.25) is 5.02 Å². The van der Waals surface area contributed by atoms with E-state index in [1.54, 1.807) is 24.5 Å². The summed E-state index contributed by atoms with van der Waals surface area (Å²) in [4.78, 5) is 18.6. The third kappa shape index (κ3) is 2.41. The number of piperidine rings is 1. The number of amides is 1. The average Bonchev–Trinajstić information content (AvgIpc) is 3.24. The van der Waals surface area contributed by atoms with Crippen LogP contribution in [0.3, 0.4) is 0 Å². The Balaban J connectivity index is 1.40. The maximum atomic E-state index is 12.7. The number of likely N-dealkylation sites (tertiary alicyclic amines) is 1. The van der Waals surface area contributed by atoms with Gasteiger partial charge in [-0.1, -0.05) is 11.6 Å². The van der Waals surface area contributed by atoms with Crippen molar-refractivity contribution in [1.82, 2.24) is 19.7 Å². The van der Waals surface area contributed by atoms with Crippen LogP contribution in [-0.2, 0) is 5.54 Å². The van der Waals surface area contributed by atoms with Gasteiger partial charge in [-0.25, -0.2) is 0 Å². The van der Waals surface area contributed by atoms with Crippen molar-refractivity contribution in [3.63, 3.8) is 0 Å². The van der Waals surface area contributed by atoms with Gasteiger partial charge in [-0.3, -0.25) is 14.5 Å². The molecule has 6 nitrogen and oxygen atoms in total. The van der Waals surface area contributed by atoms with Gasteiger partial charge in [0, 0.05) is 41.5 Å². The molecule has 5 rings (SSSR count). The zero-order chi connectivity index (χ0) is 19.5. The molecule has 2 aromatic heterocycles. The van der Waals surface area contributed by atoms with Crippen molar-refractivity contribution in [2.45, 2.75) is 31.4 Å². The van der Waals surface area contributed by atoms with Gasteiger partial charge in [0.15, 0.2) is 0 Å². The van der Waals surface area contributed by atoms with Crippen molar-refractivity contribution in [2.75, 3.05) is 13.1 Å². The van der Waals surface area contributed by atoms with Gasteiger partial charge >= 0.3 is 0 Å². The van der Waals surface area contributed by atoms with E-state index in [-0.39, 0.29) is 11.8 Å². The lowest BCUT2D eigenvalue weighted by Gasteiger charge is -2.42. The molecule has 1 unspecified atom stereocenters. The number of aliphatic hydroxyl groups excluding tert-OH is 1. The lowest BCUT2D eigenvalue weighted by Crippen LogP contribution is -2.48. The first-order valence-electron chi connectivity index (χ1n) is 9.55. The normalized spacial score (nSPS) is 24.8. The highest BCUT2D eigenvalue weighted by atomic mass is 35.5. The number of aromatic nitrogens is 3. The third-order valence-corrected chi connectivity index (χ3v) is 6.70. The van der Waals surface area contributed by atoms with Crippen molar-refractivity contribution in [1.29, 1.82) is 0 Å². The number of carbonyl (C=O) groups is 1. The largest absolute Gasteiger partial charge is 0.386 e. The fourth-order valence-electron chi connectivity index (χ4n) is 4.90. The monoisotopic (exact) mass is 396 g/mol. The maximum Gasteiger partial charge on any atom is 0.255 e. The molecule has 2 atom stereocenters. The van der Waals surface area contributed by atoms with Gasteiger partial charge in [0.1, 0.15) is 6.10 Å². The summed E-state index contributed by atoms with van der Waals surface area (Å²) < 4.78 is 1.97. The van der Waals surface area contributed by atoms with E-state index in [0.29, 0.717) is 23.7 Å². The van der Waals surface area contributed by atoms with Crippen LogP contribution in [0, 0.1) is 5.92 Å². The molecule has 1 amide bonds. The smallest absolute Gasteiger partial charge is 0.255 e. The Morgan fingerprint density at radius 3 is 2.79 bits per heavy atom. The molecule has 2 aliphatic heterocycles. The SMILES string of the molecule is CC1(C2CCN(C(=O)c3cccnc3)CC2)[C@H](O)c2cc(Cl)cc3cnn1c23. The predicted octanol–water partition coefficient (Wildman–Crippen LogP) is 3.40. The van der Waals surface area contributed by atoms with Gasteiger partial charge in [-0.2, -0.15) is 5.10 Å². The van der Waals surface area contributed by atoms with Gasteiger partial charge in [-0.15, -0.1) is 0 Å². The Morgan fingerprint density at radius 1 is 1.29 bits per heavy atom. The molecule has 1 saturated heterocycles. The standard InChI is InChI=1S/C21H21ClN4O2/c1-21(19(27)17-10-16(22)9-14-12-24-26(21)18(14)17)15-4-7-25(8-5-15)20(28)13-3-2-6-23-11-13/h2-3,6,9-12,15,19,27H,4-5,7-8H2,1H3/t19-,21?/m1/s1. The second-order valence-electron chi connectivity index (χ2n) is 7.93. The van der Waals surface area contributed by atoms with Crippen LogP contribution in [0.5, 0.6) is 0 Å². The number of rotatable bonds is 2. The van der Waals surface area contributed by atoms with Crippen LogP contribution in [-0.4, -0.2) is 43.8 Å². The lowest BCUT2D eigenvalue weighted by atomic mass is 9.75. The fraction of sp³-hybridized carbons (Fsp3) is 0.381. The number of benzene rings is 1. The molecule has 7 heteroatoms. The van der Waals surface area contributed by atoms with Crippen LogP contribution < -0.4 is 0 Å². The van der Waals surface area contributed by atoms with E-state index in [0.717, 1.165) is 29.3 Å². The molecular weight excluding hydrogens is 376 g/mol.